The van der Waals surface area contributed by atoms with Gasteiger partial charge in [-0.15, -0.1) is 0 Å². The Bertz CT molecular complexity index is 924. The van der Waals surface area contributed by atoms with Gasteiger partial charge in [-0.2, -0.15) is 0 Å². The third-order valence-corrected chi connectivity index (χ3v) is 6.59. The zero-order chi connectivity index (χ0) is 22.3. The summed E-state index contributed by atoms with van der Waals surface area (Å²) in [5, 5.41) is 3.77. The standard InChI is InChI=1S/C21H26Cl2N6O2/c1-13(2)11-29-17-18(26(3)21(31)25-19(17)30)24-20(29)28-9-7-27(8-10-28)12-14-15(22)5-4-6-16(14)23/h4-6,17-18H,1,7-12H2,2-3H3,(H,25,30,31). The molecule has 2 fully saturated rings. The van der Waals surface area contributed by atoms with Gasteiger partial charge in [0.15, 0.2) is 18.2 Å². The molecule has 2 saturated heterocycles. The van der Waals surface area contributed by atoms with Gasteiger partial charge in [-0.1, -0.05) is 41.4 Å². The average Bonchev–Trinajstić information content (AvgIpc) is 3.09. The van der Waals surface area contributed by atoms with Crippen LogP contribution in [0.15, 0.2) is 35.3 Å². The number of imide groups is 1. The second-order valence-corrected chi connectivity index (χ2v) is 9.06. The zero-order valence-electron chi connectivity index (χ0n) is 17.6. The number of rotatable bonds is 4. The molecule has 1 aromatic carbocycles. The van der Waals surface area contributed by atoms with Crippen molar-refractivity contribution in [2.45, 2.75) is 25.7 Å². The molecule has 0 radical (unpaired) electrons. The molecule has 0 aromatic heterocycles. The number of nitrogens with one attached hydrogen (secondary N) is 1. The van der Waals surface area contributed by atoms with E-state index in [9.17, 15) is 9.59 Å². The van der Waals surface area contributed by atoms with E-state index in [2.05, 4.69) is 21.7 Å². The predicted molar refractivity (Wildman–Crippen MR) is 121 cm³/mol. The zero-order valence-corrected chi connectivity index (χ0v) is 19.2. The summed E-state index contributed by atoms with van der Waals surface area (Å²) in [4.78, 5) is 37.4. The van der Waals surface area contributed by atoms with Crippen LogP contribution in [0.25, 0.3) is 0 Å². The first-order chi connectivity index (χ1) is 14.8. The Morgan fingerprint density at radius 2 is 1.84 bits per heavy atom. The Morgan fingerprint density at radius 1 is 1.19 bits per heavy atom. The lowest BCUT2D eigenvalue weighted by Crippen LogP contribution is -2.64. The maximum atomic E-state index is 12.6. The maximum absolute atomic E-state index is 12.6. The molecular weight excluding hydrogens is 439 g/mol. The highest BCUT2D eigenvalue weighted by Crippen LogP contribution is 2.28. The third-order valence-electron chi connectivity index (χ3n) is 5.88. The van der Waals surface area contributed by atoms with Gasteiger partial charge in [-0.05, 0) is 19.1 Å². The van der Waals surface area contributed by atoms with Crippen molar-refractivity contribution in [2.75, 3.05) is 39.8 Å². The normalized spacial score (nSPS) is 24.3. The van der Waals surface area contributed by atoms with Crippen molar-refractivity contribution in [3.05, 3.63) is 46.0 Å². The highest BCUT2D eigenvalue weighted by atomic mass is 35.5. The lowest BCUT2D eigenvalue weighted by Gasteiger charge is -2.40. The van der Waals surface area contributed by atoms with E-state index in [0.29, 0.717) is 23.1 Å². The molecule has 0 saturated carbocycles. The van der Waals surface area contributed by atoms with Crippen molar-refractivity contribution in [3.63, 3.8) is 0 Å². The molecule has 2 unspecified atom stereocenters. The smallest absolute Gasteiger partial charge is 0.325 e. The largest absolute Gasteiger partial charge is 0.340 e. The monoisotopic (exact) mass is 464 g/mol. The number of fused-ring (bicyclic) bond motifs is 1. The summed E-state index contributed by atoms with van der Waals surface area (Å²) >= 11 is 12.7. The van der Waals surface area contributed by atoms with Crippen LogP contribution in [0.4, 0.5) is 4.79 Å². The van der Waals surface area contributed by atoms with Gasteiger partial charge in [0.25, 0.3) is 5.91 Å². The van der Waals surface area contributed by atoms with E-state index in [1.807, 2.05) is 30.0 Å². The summed E-state index contributed by atoms with van der Waals surface area (Å²) in [6, 6.07) is 4.58. The van der Waals surface area contributed by atoms with Crippen molar-refractivity contribution in [2.24, 2.45) is 4.99 Å². The van der Waals surface area contributed by atoms with Crippen LogP contribution >= 0.6 is 23.2 Å². The fourth-order valence-corrected chi connectivity index (χ4v) is 4.76. The van der Waals surface area contributed by atoms with Gasteiger partial charge in [0.2, 0.25) is 0 Å². The van der Waals surface area contributed by atoms with E-state index in [-0.39, 0.29) is 5.91 Å². The van der Waals surface area contributed by atoms with Crippen molar-refractivity contribution in [3.8, 4) is 0 Å². The first kappa shape index (κ1) is 21.9. The van der Waals surface area contributed by atoms with Crippen molar-refractivity contribution in [1.29, 1.82) is 0 Å². The third kappa shape index (κ3) is 4.24. The number of nitrogens with zero attached hydrogens (tertiary/aromatic N) is 5. The second-order valence-electron chi connectivity index (χ2n) is 8.24. The molecule has 0 aliphatic carbocycles. The summed E-state index contributed by atoms with van der Waals surface area (Å²) in [5.74, 6) is 0.422. The van der Waals surface area contributed by atoms with Crippen LogP contribution in [-0.4, -0.2) is 89.5 Å². The number of halogens is 2. The Hall–Kier alpha value is -2.29. The number of hydrogen-bond acceptors (Lipinski definition) is 6. The summed E-state index contributed by atoms with van der Waals surface area (Å²) in [7, 11) is 1.66. The molecule has 3 heterocycles. The number of piperazine rings is 1. The summed E-state index contributed by atoms with van der Waals surface area (Å²) in [6.07, 6.45) is -0.532. The highest BCUT2D eigenvalue weighted by molar-refractivity contribution is 6.35. The Balaban J connectivity index is 1.49. The molecule has 3 amide bonds. The number of carbonyl (C=O) groups is 2. The van der Waals surface area contributed by atoms with Gasteiger partial charge in [0.1, 0.15) is 0 Å². The SMILES string of the molecule is C=C(C)CN1C(N2CCN(Cc3c(Cl)cccc3Cl)CC2)=NC2C1C(=O)NC(=O)N2C. The molecule has 2 atom stereocenters. The van der Waals surface area contributed by atoms with Crippen LogP contribution in [0.2, 0.25) is 10.0 Å². The molecule has 4 rings (SSSR count). The van der Waals surface area contributed by atoms with E-state index in [0.717, 1.165) is 43.3 Å². The van der Waals surface area contributed by atoms with Crippen LogP contribution in [0.5, 0.6) is 0 Å². The summed E-state index contributed by atoms with van der Waals surface area (Å²) in [5.41, 5.74) is 1.86. The number of guanidine groups is 1. The minimum atomic E-state index is -0.547. The van der Waals surface area contributed by atoms with E-state index < -0.39 is 18.2 Å². The number of likely N-dealkylation sites (N-methyl/N-ethyl adjacent to an activating group) is 1. The number of hydrogen-bond donors (Lipinski definition) is 1. The van der Waals surface area contributed by atoms with Crippen molar-refractivity contribution in [1.82, 2.24) is 24.9 Å². The molecule has 166 valence electrons. The van der Waals surface area contributed by atoms with Gasteiger partial charge in [-0.3, -0.25) is 15.0 Å². The van der Waals surface area contributed by atoms with Crippen LogP contribution in [0.3, 0.4) is 0 Å². The molecule has 3 aliphatic rings. The molecule has 31 heavy (non-hydrogen) atoms. The number of carbonyl (C=O) groups excluding carboxylic acids is 2. The van der Waals surface area contributed by atoms with E-state index in [4.69, 9.17) is 28.2 Å². The van der Waals surface area contributed by atoms with Crippen LogP contribution in [-0.2, 0) is 11.3 Å². The number of urea groups is 1. The second kappa shape index (κ2) is 8.68. The Morgan fingerprint density at radius 3 is 2.45 bits per heavy atom. The lowest BCUT2D eigenvalue weighted by molar-refractivity contribution is -0.127. The van der Waals surface area contributed by atoms with Crippen LogP contribution < -0.4 is 5.32 Å². The molecule has 8 nitrogen and oxygen atoms in total. The van der Waals surface area contributed by atoms with Gasteiger partial charge in [-0.25, -0.2) is 9.79 Å². The Labute approximate surface area is 192 Å². The van der Waals surface area contributed by atoms with E-state index in [1.165, 1.54) is 4.90 Å². The molecule has 10 heteroatoms. The van der Waals surface area contributed by atoms with E-state index >= 15 is 0 Å². The Kier molecular flexibility index (Phi) is 6.14. The quantitative estimate of drug-likeness (QED) is 0.691. The number of aliphatic imine (C=N–C) groups is 1. The highest BCUT2D eigenvalue weighted by Gasteiger charge is 2.49. The maximum Gasteiger partial charge on any atom is 0.325 e. The van der Waals surface area contributed by atoms with Gasteiger partial charge >= 0.3 is 6.03 Å². The molecule has 0 spiro atoms. The minimum Gasteiger partial charge on any atom is -0.340 e. The average molecular weight is 465 g/mol. The van der Waals surface area contributed by atoms with Crippen molar-refractivity contribution >= 4 is 41.1 Å². The van der Waals surface area contributed by atoms with Crippen molar-refractivity contribution < 1.29 is 9.59 Å². The first-order valence-electron chi connectivity index (χ1n) is 10.2. The fourth-order valence-electron chi connectivity index (χ4n) is 4.25. The van der Waals surface area contributed by atoms with E-state index in [1.54, 1.807) is 7.05 Å². The van der Waals surface area contributed by atoms with Gasteiger partial charge in [0.05, 0.1) is 0 Å². The predicted octanol–water partition coefficient (Wildman–Crippen LogP) is 2.24. The number of amides is 3. The van der Waals surface area contributed by atoms with Crippen LogP contribution in [0, 0.1) is 0 Å². The molecule has 0 bridgehead atoms. The van der Waals surface area contributed by atoms with Crippen LogP contribution in [0.1, 0.15) is 12.5 Å². The topological polar surface area (TPSA) is 71.5 Å². The summed E-state index contributed by atoms with van der Waals surface area (Å²) in [6.45, 7) is 10.2. The minimum absolute atomic E-state index is 0.319. The molecule has 1 aromatic rings. The molecular formula is C21H26Cl2N6O2. The van der Waals surface area contributed by atoms with Gasteiger partial charge in [0, 0.05) is 61.9 Å². The molecule has 1 N–H and O–H groups in total. The lowest BCUT2D eigenvalue weighted by atomic mass is 10.1. The summed E-state index contributed by atoms with van der Waals surface area (Å²) < 4.78 is 0. The first-order valence-corrected chi connectivity index (χ1v) is 11.0. The fraction of sp³-hybridized carbons (Fsp3) is 0.476. The van der Waals surface area contributed by atoms with Gasteiger partial charge < -0.3 is 14.7 Å². The molecule has 3 aliphatic heterocycles. The number of benzene rings is 1.